The van der Waals surface area contributed by atoms with Gasteiger partial charge in [-0.3, -0.25) is 4.68 Å². The Hall–Kier alpha value is -1.19. The first-order chi connectivity index (χ1) is 8.13. The lowest BCUT2D eigenvalue weighted by Gasteiger charge is -2.23. The van der Waals surface area contributed by atoms with Gasteiger partial charge < -0.3 is 10.6 Å². The first-order valence-electron chi connectivity index (χ1n) is 6.69. The third kappa shape index (κ3) is 2.40. The van der Waals surface area contributed by atoms with E-state index in [4.69, 9.17) is 5.73 Å². The zero-order chi connectivity index (χ0) is 12.4. The Balaban J connectivity index is 2.23. The molecule has 1 aliphatic heterocycles. The molecule has 1 atom stereocenters. The van der Waals surface area contributed by atoms with Crippen molar-refractivity contribution < 1.29 is 0 Å². The van der Waals surface area contributed by atoms with Gasteiger partial charge in [-0.05, 0) is 31.6 Å². The standard InChI is InChI=1S/C13H24N4/c1-4-11-12(14)13(16(3)15-11)17-8-5-6-10(2)7-9-17/h10H,4-9,14H2,1-3H3. The minimum Gasteiger partial charge on any atom is -0.394 e. The molecular weight excluding hydrogens is 212 g/mol. The van der Waals surface area contributed by atoms with Crippen LogP contribution in [0.25, 0.3) is 0 Å². The first kappa shape index (κ1) is 12.3. The van der Waals surface area contributed by atoms with E-state index in [0.29, 0.717) is 0 Å². The van der Waals surface area contributed by atoms with Crippen molar-refractivity contribution in [3.63, 3.8) is 0 Å². The molecule has 1 aromatic rings. The van der Waals surface area contributed by atoms with E-state index in [1.54, 1.807) is 0 Å². The Kier molecular flexibility index (Phi) is 3.60. The zero-order valence-electron chi connectivity index (χ0n) is 11.2. The molecule has 0 amide bonds. The summed E-state index contributed by atoms with van der Waals surface area (Å²) in [4.78, 5) is 2.41. The van der Waals surface area contributed by atoms with Gasteiger partial charge in [0.15, 0.2) is 0 Å². The SMILES string of the molecule is CCc1nn(C)c(N2CCCC(C)CC2)c1N. The summed E-state index contributed by atoms with van der Waals surface area (Å²) in [7, 11) is 2.00. The maximum atomic E-state index is 6.21. The predicted molar refractivity (Wildman–Crippen MR) is 72.2 cm³/mol. The Morgan fingerprint density at radius 2 is 2.12 bits per heavy atom. The quantitative estimate of drug-likeness (QED) is 0.856. The van der Waals surface area contributed by atoms with E-state index < -0.39 is 0 Å². The number of nitrogens with two attached hydrogens (primary N) is 1. The van der Waals surface area contributed by atoms with Crippen molar-refractivity contribution in [1.29, 1.82) is 0 Å². The Morgan fingerprint density at radius 1 is 1.35 bits per heavy atom. The van der Waals surface area contributed by atoms with Crippen LogP contribution in [0.5, 0.6) is 0 Å². The highest BCUT2D eigenvalue weighted by Gasteiger charge is 2.21. The second kappa shape index (κ2) is 4.98. The van der Waals surface area contributed by atoms with E-state index in [1.165, 1.54) is 19.3 Å². The van der Waals surface area contributed by atoms with Crippen molar-refractivity contribution in [2.24, 2.45) is 13.0 Å². The lowest BCUT2D eigenvalue weighted by molar-refractivity contribution is 0.520. The number of rotatable bonds is 2. The molecule has 4 nitrogen and oxygen atoms in total. The molecular formula is C13H24N4. The molecule has 0 spiro atoms. The number of aryl methyl sites for hydroxylation is 2. The molecule has 1 saturated heterocycles. The average Bonchev–Trinajstić information content (AvgIpc) is 2.48. The highest BCUT2D eigenvalue weighted by Crippen LogP contribution is 2.29. The number of hydrogen-bond donors (Lipinski definition) is 1. The molecule has 2 N–H and O–H groups in total. The van der Waals surface area contributed by atoms with E-state index in [9.17, 15) is 0 Å². The fraction of sp³-hybridized carbons (Fsp3) is 0.769. The highest BCUT2D eigenvalue weighted by molar-refractivity contribution is 5.66. The van der Waals surface area contributed by atoms with Crippen LogP contribution in [0, 0.1) is 5.92 Å². The molecule has 4 heteroatoms. The van der Waals surface area contributed by atoms with E-state index in [1.807, 2.05) is 11.7 Å². The van der Waals surface area contributed by atoms with Crippen LogP contribution in [-0.2, 0) is 13.5 Å². The van der Waals surface area contributed by atoms with Crippen LogP contribution in [0.1, 0.15) is 38.8 Å². The maximum Gasteiger partial charge on any atom is 0.150 e. The van der Waals surface area contributed by atoms with E-state index >= 15 is 0 Å². The van der Waals surface area contributed by atoms with Gasteiger partial charge in [0.2, 0.25) is 0 Å². The highest BCUT2D eigenvalue weighted by atomic mass is 15.4. The van der Waals surface area contributed by atoms with Crippen molar-refractivity contribution >= 4 is 11.5 Å². The van der Waals surface area contributed by atoms with Gasteiger partial charge in [-0.1, -0.05) is 13.8 Å². The number of anilines is 2. The summed E-state index contributed by atoms with van der Waals surface area (Å²) in [6.07, 6.45) is 4.75. The molecule has 1 aromatic heterocycles. The Labute approximate surface area is 104 Å². The van der Waals surface area contributed by atoms with Crippen molar-refractivity contribution in [3.8, 4) is 0 Å². The molecule has 1 aliphatic rings. The zero-order valence-corrected chi connectivity index (χ0v) is 11.2. The van der Waals surface area contributed by atoms with Crippen LogP contribution in [0.2, 0.25) is 0 Å². The third-order valence-corrected chi connectivity index (χ3v) is 3.78. The van der Waals surface area contributed by atoms with Crippen molar-refractivity contribution in [3.05, 3.63) is 5.69 Å². The summed E-state index contributed by atoms with van der Waals surface area (Å²) in [5.74, 6) is 1.95. The second-order valence-electron chi connectivity index (χ2n) is 5.18. The van der Waals surface area contributed by atoms with Gasteiger partial charge >= 0.3 is 0 Å². The van der Waals surface area contributed by atoms with Gasteiger partial charge in [-0.25, -0.2) is 0 Å². The fourth-order valence-electron chi connectivity index (χ4n) is 2.70. The normalized spacial score (nSPS) is 21.6. The minimum atomic E-state index is 0.833. The molecule has 17 heavy (non-hydrogen) atoms. The van der Waals surface area contributed by atoms with Crippen molar-refractivity contribution in [2.45, 2.75) is 39.5 Å². The topological polar surface area (TPSA) is 47.1 Å². The van der Waals surface area contributed by atoms with Crippen LogP contribution < -0.4 is 10.6 Å². The van der Waals surface area contributed by atoms with Gasteiger partial charge in [0.1, 0.15) is 5.82 Å². The van der Waals surface area contributed by atoms with Crippen molar-refractivity contribution in [1.82, 2.24) is 9.78 Å². The Morgan fingerprint density at radius 3 is 2.76 bits per heavy atom. The second-order valence-corrected chi connectivity index (χ2v) is 5.18. The summed E-state index contributed by atoms with van der Waals surface area (Å²) in [6.45, 7) is 6.66. The minimum absolute atomic E-state index is 0.833. The van der Waals surface area contributed by atoms with Crippen molar-refractivity contribution in [2.75, 3.05) is 23.7 Å². The van der Waals surface area contributed by atoms with Gasteiger partial charge in [0, 0.05) is 20.1 Å². The molecule has 0 aliphatic carbocycles. The summed E-state index contributed by atoms with van der Waals surface area (Å²) >= 11 is 0. The summed E-state index contributed by atoms with van der Waals surface area (Å²) in [6, 6.07) is 0. The molecule has 0 bridgehead atoms. The lowest BCUT2D eigenvalue weighted by Crippen LogP contribution is -2.27. The van der Waals surface area contributed by atoms with Crippen LogP contribution in [0.3, 0.4) is 0 Å². The number of nitrogen functional groups attached to an aromatic ring is 1. The van der Waals surface area contributed by atoms with E-state index in [-0.39, 0.29) is 0 Å². The van der Waals surface area contributed by atoms with Gasteiger partial charge in [-0.2, -0.15) is 5.10 Å². The predicted octanol–water partition coefficient (Wildman–Crippen LogP) is 2.19. The van der Waals surface area contributed by atoms with Crippen LogP contribution >= 0.6 is 0 Å². The fourth-order valence-corrected chi connectivity index (χ4v) is 2.70. The van der Waals surface area contributed by atoms with E-state index in [2.05, 4.69) is 23.8 Å². The van der Waals surface area contributed by atoms with Crippen LogP contribution in [0.15, 0.2) is 0 Å². The number of nitrogens with zero attached hydrogens (tertiary/aromatic N) is 3. The maximum absolute atomic E-state index is 6.21. The molecule has 96 valence electrons. The molecule has 2 heterocycles. The monoisotopic (exact) mass is 236 g/mol. The molecule has 2 rings (SSSR count). The smallest absolute Gasteiger partial charge is 0.150 e. The molecule has 1 fully saturated rings. The first-order valence-corrected chi connectivity index (χ1v) is 6.69. The molecule has 0 aromatic carbocycles. The van der Waals surface area contributed by atoms with E-state index in [0.717, 1.165) is 42.6 Å². The van der Waals surface area contributed by atoms with Gasteiger partial charge in [-0.15, -0.1) is 0 Å². The Bertz CT molecular complexity index is 383. The summed E-state index contributed by atoms with van der Waals surface area (Å²) in [5.41, 5.74) is 8.11. The number of hydrogen-bond acceptors (Lipinski definition) is 3. The largest absolute Gasteiger partial charge is 0.394 e. The van der Waals surface area contributed by atoms with Crippen LogP contribution in [-0.4, -0.2) is 22.9 Å². The number of aromatic nitrogens is 2. The van der Waals surface area contributed by atoms with Crippen LogP contribution in [0.4, 0.5) is 11.5 Å². The molecule has 1 unspecified atom stereocenters. The third-order valence-electron chi connectivity index (χ3n) is 3.78. The van der Waals surface area contributed by atoms with Gasteiger partial charge in [0.05, 0.1) is 11.4 Å². The average molecular weight is 236 g/mol. The van der Waals surface area contributed by atoms with Gasteiger partial charge in [0.25, 0.3) is 0 Å². The summed E-state index contributed by atoms with van der Waals surface area (Å²) < 4.78 is 1.95. The summed E-state index contributed by atoms with van der Waals surface area (Å²) in [5, 5.41) is 4.50. The molecule has 0 saturated carbocycles. The lowest BCUT2D eigenvalue weighted by atomic mass is 10.0. The molecule has 0 radical (unpaired) electrons.